The van der Waals surface area contributed by atoms with Gasteiger partial charge in [0.1, 0.15) is 0 Å². The van der Waals surface area contributed by atoms with Crippen LogP contribution in [0.25, 0.3) is 0 Å². The molecule has 3 unspecified atom stereocenters. The summed E-state index contributed by atoms with van der Waals surface area (Å²) in [5, 5.41) is 0. The molecule has 322 valence electrons. The van der Waals surface area contributed by atoms with Gasteiger partial charge >= 0.3 is 0 Å². The van der Waals surface area contributed by atoms with Crippen LogP contribution in [0.15, 0.2) is 0 Å². The van der Waals surface area contributed by atoms with Crippen LogP contribution in [0.3, 0.4) is 0 Å². The lowest BCUT2D eigenvalue weighted by molar-refractivity contribution is -0.246. The van der Waals surface area contributed by atoms with Crippen molar-refractivity contribution < 1.29 is 26.9 Å². The second-order valence-electron chi connectivity index (χ2n) is 22.6. The summed E-state index contributed by atoms with van der Waals surface area (Å²) in [7, 11) is -9.60. The van der Waals surface area contributed by atoms with E-state index in [1.165, 1.54) is 25.7 Å². The van der Waals surface area contributed by atoms with Crippen LogP contribution in [0.4, 0.5) is 0 Å². The van der Waals surface area contributed by atoms with Gasteiger partial charge in [0, 0.05) is 25.4 Å². The van der Waals surface area contributed by atoms with Gasteiger partial charge in [-0.15, -0.1) is 0 Å². The smallest absolute Gasteiger partial charge is 0.292 e. The van der Waals surface area contributed by atoms with E-state index in [9.17, 15) is 4.79 Å². The SMILES string of the molecule is CC[Si](C)(C)OC(=O)CC[C@@H](C)[C@@]1(O[Si](C)(C)CC)CCC2C3C(CC[C@@]21C)[C@@]1(C)CC[C@@H](O[Si](C)(C)CC)C[C@@]1(O[Si](C)(C)CC)C[C@H]3O[Si](C)(C)CC. The third kappa shape index (κ3) is 9.81. The second kappa shape index (κ2) is 17.0. The van der Waals surface area contributed by atoms with Crippen molar-refractivity contribution in [3.05, 3.63) is 0 Å². The highest BCUT2D eigenvalue weighted by molar-refractivity contribution is 6.73. The molecule has 0 spiro atoms. The van der Waals surface area contributed by atoms with Crippen molar-refractivity contribution >= 4 is 47.6 Å². The molecule has 0 aromatic carbocycles. The molecule has 0 aromatic heterocycles. The van der Waals surface area contributed by atoms with Crippen LogP contribution in [0.2, 0.25) is 95.7 Å². The maximum absolute atomic E-state index is 13.3. The summed E-state index contributed by atoms with van der Waals surface area (Å²) in [4.78, 5) is 13.3. The van der Waals surface area contributed by atoms with E-state index in [2.05, 4.69) is 121 Å². The zero-order chi connectivity index (χ0) is 41.7. The Bertz CT molecular complexity index is 1320. The highest BCUT2D eigenvalue weighted by atomic mass is 28.4. The predicted molar refractivity (Wildman–Crippen MR) is 245 cm³/mol. The van der Waals surface area contributed by atoms with E-state index in [1.54, 1.807) is 0 Å². The van der Waals surface area contributed by atoms with Crippen molar-refractivity contribution in [1.29, 1.82) is 0 Å². The van der Waals surface area contributed by atoms with Gasteiger partial charge < -0.3 is 22.1 Å². The Morgan fingerprint density at radius 2 is 1.11 bits per heavy atom. The van der Waals surface area contributed by atoms with Gasteiger partial charge in [0.2, 0.25) is 8.32 Å². The summed E-state index contributed by atoms with van der Waals surface area (Å²) in [6, 6.07) is 5.46. The van der Waals surface area contributed by atoms with Gasteiger partial charge in [0.15, 0.2) is 33.3 Å². The third-order valence-electron chi connectivity index (χ3n) is 17.0. The molecule has 0 heterocycles. The first-order valence-electron chi connectivity index (χ1n) is 23.1. The van der Waals surface area contributed by atoms with Crippen LogP contribution in [0, 0.1) is 34.5 Å². The summed E-state index contributed by atoms with van der Waals surface area (Å²) >= 11 is 0. The highest BCUT2D eigenvalue weighted by Crippen LogP contribution is 2.72. The van der Waals surface area contributed by atoms with Gasteiger partial charge in [-0.1, -0.05) is 55.4 Å². The molecule has 4 saturated carbocycles. The molecule has 0 aromatic rings. The lowest BCUT2D eigenvalue weighted by Crippen LogP contribution is -2.71. The van der Waals surface area contributed by atoms with Crippen molar-refractivity contribution in [2.45, 2.75) is 239 Å². The normalized spacial score (nSPS) is 36.5. The Morgan fingerprint density at radius 1 is 0.618 bits per heavy atom. The van der Waals surface area contributed by atoms with Crippen molar-refractivity contribution in [2.75, 3.05) is 0 Å². The number of fused-ring (bicyclic) bond motifs is 5. The molecule has 55 heavy (non-hydrogen) atoms. The predicted octanol–water partition coefficient (Wildman–Crippen LogP) is 13.4. The van der Waals surface area contributed by atoms with Crippen molar-refractivity contribution in [3.8, 4) is 0 Å². The van der Waals surface area contributed by atoms with Crippen LogP contribution < -0.4 is 0 Å². The van der Waals surface area contributed by atoms with E-state index in [4.69, 9.17) is 22.1 Å². The third-order valence-corrected chi connectivity index (χ3v) is 30.1. The molecule has 0 N–H and O–H groups in total. The molecule has 11 heteroatoms. The van der Waals surface area contributed by atoms with E-state index in [1.807, 2.05) is 0 Å². The Kier molecular flexibility index (Phi) is 14.9. The summed E-state index contributed by atoms with van der Waals surface area (Å²) in [5.74, 6) is 1.81. The number of hydrogen-bond donors (Lipinski definition) is 0. The highest BCUT2D eigenvalue weighted by Gasteiger charge is 2.72. The standard InChI is InChI=1S/C44H90O6Si5/c1-19-51(9,10)46-35-26-29-41(7)36-27-30-42(8)37(40(36)38(47-52(11,12)20-2)33-43(41,32-35)49-54(15,16)22-4)28-31-44(42,50-55(17,18)23-5)34(6)24-25-39(45)48-53(13,14)21-3/h34-38,40H,19-33H2,1-18H3/t34-,35-,36?,37?,38-,40?,41-,42+,43-,44+/m1/s1. The fourth-order valence-corrected chi connectivity index (χ4v) is 18.5. The van der Waals surface area contributed by atoms with E-state index in [0.717, 1.165) is 62.3 Å². The van der Waals surface area contributed by atoms with E-state index < -0.39 is 41.6 Å². The zero-order valence-electron chi connectivity index (χ0n) is 39.5. The number of carbonyl (C=O) groups is 1. The molecule has 0 bridgehead atoms. The minimum absolute atomic E-state index is 0.00388. The molecule has 6 nitrogen and oxygen atoms in total. The lowest BCUT2D eigenvalue weighted by Gasteiger charge is -2.69. The molecule has 0 aliphatic heterocycles. The number of carbonyl (C=O) groups excluding carboxylic acids is 1. The van der Waals surface area contributed by atoms with E-state index >= 15 is 0 Å². The molecule has 0 amide bonds. The summed E-state index contributed by atoms with van der Waals surface area (Å²) in [5.41, 5.74) is -0.397. The summed E-state index contributed by atoms with van der Waals surface area (Å²) < 4.78 is 36.7. The van der Waals surface area contributed by atoms with Crippen molar-refractivity contribution in [1.82, 2.24) is 0 Å². The molecule has 0 saturated heterocycles. The molecule has 4 aliphatic carbocycles. The van der Waals surface area contributed by atoms with Crippen LogP contribution >= 0.6 is 0 Å². The zero-order valence-corrected chi connectivity index (χ0v) is 44.5. The molecule has 10 atom stereocenters. The van der Waals surface area contributed by atoms with Gasteiger partial charge in [-0.3, -0.25) is 4.79 Å². The average molecular weight is 856 g/mol. The average Bonchev–Trinajstić information content (AvgIpc) is 3.39. The Balaban J connectivity index is 1.82. The first kappa shape index (κ1) is 48.1. The van der Waals surface area contributed by atoms with Crippen molar-refractivity contribution in [3.63, 3.8) is 0 Å². The van der Waals surface area contributed by atoms with Crippen LogP contribution in [-0.4, -0.2) is 71.0 Å². The number of rotatable bonds is 18. The topological polar surface area (TPSA) is 63.2 Å². The number of hydrogen-bond acceptors (Lipinski definition) is 6. The van der Waals surface area contributed by atoms with Gasteiger partial charge in [-0.05, 0) is 175 Å². The Labute approximate surface area is 346 Å². The Hall–Kier alpha value is 0.394. The van der Waals surface area contributed by atoms with Gasteiger partial charge in [-0.2, -0.15) is 0 Å². The molecular formula is C44H90O6Si5. The first-order chi connectivity index (χ1) is 25.1. The lowest BCUT2D eigenvalue weighted by atomic mass is 9.42. The van der Waals surface area contributed by atoms with Crippen LogP contribution in [0.5, 0.6) is 0 Å². The molecule has 4 aliphatic rings. The molecule has 4 rings (SSSR count). The molecule has 4 fully saturated rings. The molecular weight excluding hydrogens is 765 g/mol. The quantitative estimate of drug-likeness (QED) is 0.128. The van der Waals surface area contributed by atoms with Crippen LogP contribution in [-0.2, 0) is 26.9 Å². The largest absolute Gasteiger partial charge is 0.520 e. The monoisotopic (exact) mass is 855 g/mol. The minimum Gasteiger partial charge on any atom is -0.520 e. The minimum atomic E-state index is -1.98. The fraction of sp³-hybridized carbons (Fsp3) is 0.977. The maximum atomic E-state index is 13.3. The van der Waals surface area contributed by atoms with E-state index in [-0.39, 0.29) is 46.1 Å². The van der Waals surface area contributed by atoms with E-state index in [0.29, 0.717) is 24.2 Å². The Morgan fingerprint density at radius 3 is 1.67 bits per heavy atom. The summed E-state index contributed by atoms with van der Waals surface area (Å²) in [6.45, 7) is 43.1. The fourth-order valence-electron chi connectivity index (χ4n) is 11.9. The van der Waals surface area contributed by atoms with Crippen molar-refractivity contribution in [2.24, 2.45) is 34.5 Å². The molecule has 0 radical (unpaired) electrons. The maximum Gasteiger partial charge on any atom is 0.292 e. The second-order valence-corrected chi connectivity index (χ2v) is 44.8. The van der Waals surface area contributed by atoms with Crippen LogP contribution in [0.1, 0.15) is 120 Å². The van der Waals surface area contributed by atoms with Gasteiger partial charge in [0.25, 0.3) is 5.97 Å². The van der Waals surface area contributed by atoms with Gasteiger partial charge in [0.05, 0.1) is 17.3 Å². The van der Waals surface area contributed by atoms with Gasteiger partial charge in [-0.25, -0.2) is 0 Å². The first-order valence-corrected chi connectivity index (χ1v) is 38.7. The summed E-state index contributed by atoms with van der Waals surface area (Å²) in [6.07, 6.45) is 10.8.